The lowest BCUT2D eigenvalue weighted by atomic mass is 9.82. The quantitative estimate of drug-likeness (QED) is 0.146. The summed E-state index contributed by atoms with van der Waals surface area (Å²) in [5.41, 5.74) is 16.3. The Balaban J connectivity index is 1.14. The highest BCUT2D eigenvalue weighted by molar-refractivity contribution is 7.22. The van der Waals surface area contributed by atoms with E-state index in [4.69, 9.17) is 0 Å². The summed E-state index contributed by atoms with van der Waals surface area (Å²) in [5, 5.41) is 5.65. The van der Waals surface area contributed by atoms with E-state index >= 15 is 0 Å². The molecule has 280 valence electrons. The third kappa shape index (κ3) is 5.51. The van der Waals surface area contributed by atoms with Crippen molar-refractivity contribution in [2.45, 2.75) is 19.3 Å². The number of nitrogens with zero attached hydrogens (tertiary/aromatic N) is 1. The zero-order chi connectivity index (χ0) is 39.6. The molecule has 0 unspecified atom stereocenters. The van der Waals surface area contributed by atoms with Gasteiger partial charge in [-0.05, 0) is 113 Å². The molecule has 9 aromatic rings. The molecule has 0 saturated carbocycles. The zero-order valence-electron chi connectivity index (χ0n) is 33.3. The van der Waals surface area contributed by atoms with Crippen molar-refractivity contribution in [2.24, 2.45) is 0 Å². The summed E-state index contributed by atoms with van der Waals surface area (Å²) in [7, 11) is -2.83. The minimum absolute atomic E-state index is 0.120. The molecule has 0 bridgehead atoms. The molecule has 0 atom stereocenters. The lowest BCUT2D eigenvalue weighted by molar-refractivity contribution is 0.660. The van der Waals surface area contributed by atoms with Crippen molar-refractivity contribution in [1.29, 1.82) is 0 Å². The van der Waals surface area contributed by atoms with E-state index in [-0.39, 0.29) is 5.41 Å². The van der Waals surface area contributed by atoms with Gasteiger partial charge < -0.3 is 4.90 Å². The van der Waals surface area contributed by atoms with Gasteiger partial charge in [0.2, 0.25) is 0 Å². The molecule has 1 nitrogen and oxygen atoms in total. The molecule has 0 spiro atoms. The van der Waals surface area contributed by atoms with Gasteiger partial charge in [0.05, 0.1) is 0 Å². The van der Waals surface area contributed by atoms with Crippen LogP contribution in [0.15, 0.2) is 224 Å². The van der Waals surface area contributed by atoms with Gasteiger partial charge in [-0.1, -0.05) is 202 Å². The topological polar surface area (TPSA) is 3.24 Å². The number of hydrogen-bond donors (Lipinski definition) is 0. The second kappa shape index (κ2) is 13.8. The molecule has 2 heteroatoms. The molecule has 0 saturated heterocycles. The van der Waals surface area contributed by atoms with Crippen LogP contribution in [0.5, 0.6) is 0 Å². The summed E-state index contributed by atoms with van der Waals surface area (Å²) < 4.78 is 0. The molecule has 0 amide bonds. The van der Waals surface area contributed by atoms with Gasteiger partial charge >= 0.3 is 0 Å². The Labute approximate surface area is 348 Å². The van der Waals surface area contributed by atoms with Crippen LogP contribution in [0.25, 0.3) is 44.5 Å². The lowest BCUT2D eigenvalue weighted by Crippen LogP contribution is -2.72. The van der Waals surface area contributed by atoms with E-state index < -0.39 is 8.07 Å². The molecule has 1 heterocycles. The third-order valence-corrected chi connectivity index (χ3v) is 17.8. The van der Waals surface area contributed by atoms with E-state index in [2.05, 4.69) is 243 Å². The van der Waals surface area contributed by atoms with E-state index in [1.54, 1.807) is 0 Å². The largest absolute Gasteiger partial charge is 0.310 e. The van der Waals surface area contributed by atoms with E-state index in [9.17, 15) is 0 Å². The first kappa shape index (κ1) is 35.2. The maximum Gasteiger partial charge on any atom is 0.180 e. The predicted octanol–water partition coefficient (Wildman–Crippen LogP) is 12.2. The molecular formula is C57H43NSi. The molecule has 0 aromatic heterocycles. The van der Waals surface area contributed by atoms with E-state index in [0.717, 1.165) is 17.1 Å². The number of rotatable bonds is 7. The molecule has 0 fully saturated rings. The Morgan fingerprint density at radius 2 is 0.797 bits per heavy atom. The molecule has 11 rings (SSSR count). The van der Waals surface area contributed by atoms with Crippen LogP contribution in [0.1, 0.15) is 25.0 Å². The Kier molecular flexibility index (Phi) is 8.25. The number of anilines is 3. The zero-order valence-corrected chi connectivity index (χ0v) is 34.3. The summed E-state index contributed by atoms with van der Waals surface area (Å²) >= 11 is 0. The minimum Gasteiger partial charge on any atom is -0.310 e. The van der Waals surface area contributed by atoms with Gasteiger partial charge in [-0.25, -0.2) is 0 Å². The van der Waals surface area contributed by atoms with Crippen LogP contribution in [0.2, 0.25) is 0 Å². The maximum atomic E-state index is 2.51. The Bertz CT molecular complexity index is 2970. The van der Waals surface area contributed by atoms with Gasteiger partial charge in [0.1, 0.15) is 0 Å². The predicted molar refractivity (Wildman–Crippen MR) is 252 cm³/mol. The van der Waals surface area contributed by atoms with E-state index in [0.29, 0.717) is 0 Å². The van der Waals surface area contributed by atoms with Gasteiger partial charge in [-0.15, -0.1) is 0 Å². The summed E-state index contributed by atoms with van der Waals surface area (Å²) in [4.78, 5) is 2.48. The first-order chi connectivity index (χ1) is 29.0. The second-order valence-electron chi connectivity index (χ2n) is 16.5. The summed E-state index contributed by atoms with van der Waals surface area (Å²) in [6, 6.07) is 83.9. The highest BCUT2D eigenvalue weighted by Gasteiger charge is 2.49. The smallest absolute Gasteiger partial charge is 0.180 e. The standard InChI is InChI=1S/C57H43NSi/c1-57(2)53-28-12-9-25-49(53)50-36-35-46(39-54(50)57)58(44-33-31-42(32-34-44)40-17-5-3-6-18-40)45-22-16-24-48(38-45)59(47-23-15-21-43(37-47)41-19-7-4-8-20-41)55-29-13-10-26-51(55)52-27-11-14-30-56(52)59/h3-39H,1-2H3. The van der Waals surface area contributed by atoms with E-state index in [1.165, 1.54) is 76.4 Å². The second-order valence-corrected chi connectivity index (χ2v) is 20.2. The van der Waals surface area contributed by atoms with Crippen molar-refractivity contribution in [3.8, 4) is 44.5 Å². The molecule has 0 radical (unpaired) electrons. The van der Waals surface area contributed by atoms with Crippen LogP contribution in [-0.2, 0) is 5.41 Å². The Morgan fingerprint density at radius 3 is 1.47 bits per heavy atom. The van der Waals surface area contributed by atoms with E-state index in [1.807, 2.05) is 0 Å². The molecule has 1 aliphatic carbocycles. The fourth-order valence-electron chi connectivity index (χ4n) is 10.2. The van der Waals surface area contributed by atoms with Crippen LogP contribution in [0.3, 0.4) is 0 Å². The number of benzene rings is 9. The molecule has 9 aromatic carbocycles. The average Bonchev–Trinajstić information content (AvgIpc) is 3.73. The average molecular weight is 770 g/mol. The van der Waals surface area contributed by atoms with Crippen LogP contribution < -0.4 is 25.6 Å². The van der Waals surface area contributed by atoms with Crippen LogP contribution in [0, 0.1) is 0 Å². The van der Waals surface area contributed by atoms with Gasteiger partial charge in [-0.3, -0.25) is 0 Å². The lowest BCUT2D eigenvalue weighted by Gasteiger charge is -2.33. The molecular weight excluding hydrogens is 727 g/mol. The van der Waals surface area contributed by atoms with Crippen molar-refractivity contribution in [1.82, 2.24) is 0 Å². The molecule has 1 aliphatic heterocycles. The summed E-state index contributed by atoms with van der Waals surface area (Å²) in [6.07, 6.45) is 0. The molecule has 2 aliphatic rings. The monoisotopic (exact) mass is 769 g/mol. The highest BCUT2D eigenvalue weighted by atomic mass is 28.3. The van der Waals surface area contributed by atoms with Crippen molar-refractivity contribution < 1.29 is 0 Å². The van der Waals surface area contributed by atoms with Crippen LogP contribution >= 0.6 is 0 Å². The molecule has 0 N–H and O–H groups in total. The van der Waals surface area contributed by atoms with Crippen LogP contribution in [0.4, 0.5) is 17.1 Å². The SMILES string of the molecule is CC1(C)c2ccccc2-c2ccc(N(c3ccc(-c4ccccc4)cc3)c3cccc([Si]4(c5cccc(-c6ccccc6)c5)c5ccccc5-c5ccccc54)c3)cc21. The number of fused-ring (bicyclic) bond motifs is 6. The Hall–Kier alpha value is -7.00. The molecule has 59 heavy (non-hydrogen) atoms. The van der Waals surface area contributed by atoms with Gasteiger partial charge in [0, 0.05) is 22.5 Å². The maximum absolute atomic E-state index is 2.83. The van der Waals surface area contributed by atoms with Gasteiger partial charge in [0.15, 0.2) is 8.07 Å². The van der Waals surface area contributed by atoms with Crippen molar-refractivity contribution in [3.05, 3.63) is 236 Å². The third-order valence-electron chi connectivity index (χ3n) is 13.0. The minimum atomic E-state index is -2.83. The first-order valence-corrected chi connectivity index (χ1v) is 22.7. The Morgan fingerprint density at radius 1 is 0.322 bits per heavy atom. The normalized spacial score (nSPS) is 13.9. The highest BCUT2D eigenvalue weighted by Crippen LogP contribution is 2.50. The summed E-state index contributed by atoms with van der Waals surface area (Å²) in [5.74, 6) is 0. The first-order valence-electron chi connectivity index (χ1n) is 20.7. The fourth-order valence-corrected chi connectivity index (χ4v) is 15.4. The van der Waals surface area contributed by atoms with Gasteiger partial charge in [-0.2, -0.15) is 0 Å². The van der Waals surface area contributed by atoms with Crippen LogP contribution in [-0.4, -0.2) is 8.07 Å². The number of hydrogen-bond acceptors (Lipinski definition) is 1. The summed E-state index contributed by atoms with van der Waals surface area (Å²) in [6.45, 7) is 4.74. The van der Waals surface area contributed by atoms with Crippen molar-refractivity contribution >= 4 is 45.9 Å². The van der Waals surface area contributed by atoms with Crippen molar-refractivity contribution in [2.75, 3.05) is 4.90 Å². The fraction of sp³-hybridized carbons (Fsp3) is 0.0526. The van der Waals surface area contributed by atoms with Crippen molar-refractivity contribution in [3.63, 3.8) is 0 Å². The van der Waals surface area contributed by atoms with Gasteiger partial charge in [0.25, 0.3) is 0 Å².